The molecule has 1 aliphatic heterocycles. The van der Waals surface area contributed by atoms with Crippen molar-refractivity contribution >= 4 is 11.8 Å². The zero-order valence-corrected chi connectivity index (χ0v) is 16.9. The van der Waals surface area contributed by atoms with Gasteiger partial charge in [0.15, 0.2) is 0 Å². The third-order valence-corrected chi connectivity index (χ3v) is 5.53. The Labute approximate surface area is 176 Å². The monoisotopic (exact) mass is 402 g/mol. The molecule has 2 heterocycles. The van der Waals surface area contributed by atoms with Gasteiger partial charge in [-0.05, 0) is 29.7 Å². The van der Waals surface area contributed by atoms with Crippen LogP contribution in [0.1, 0.15) is 23.3 Å². The van der Waals surface area contributed by atoms with Crippen molar-refractivity contribution in [3.8, 4) is 0 Å². The van der Waals surface area contributed by atoms with Crippen LogP contribution in [0.3, 0.4) is 0 Å². The average Bonchev–Trinajstić information content (AvgIpc) is 3.42. The summed E-state index contributed by atoms with van der Waals surface area (Å²) in [5.41, 5.74) is 2.26. The van der Waals surface area contributed by atoms with Crippen LogP contribution in [0.4, 0.5) is 0 Å². The zero-order valence-electron chi connectivity index (χ0n) is 16.9. The molecule has 0 aliphatic carbocycles. The molecule has 30 heavy (non-hydrogen) atoms. The summed E-state index contributed by atoms with van der Waals surface area (Å²) in [6, 6.07) is 23.7. The molecule has 154 valence electrons. The third kappa shape index (κ3) is 4.98. The highest BCUT2D eigenvalue weighted by Gasteiger charge is 2.36. The number of benzene rings is 2. The summed E-state index contributed by atoms with van der Waals surface area (Å²) in [5.74, 6) is 0.490. The van der Waals surface area contributed by atoms with Gasteiger partial charge in [-0.25, -0.2) is 0 Å². The Morgan fingerprint density at radius 3 is 2.30 bits per heavy atom. The first-order valence-corrected chi connectivity index (χ1v) is 10.4. The summed E-state index contributed by atoms with van der Waals surface area (Å²) in [6.45, 7) is 2.02. The van der Waals surface area contributed by atoms with Crippen molar-refractivity contribution in [3.05, 3.63) is 95.9 Å². The van der Waals surface area contributed by atoms with Gasteiger partial charge < -0.3 is 14.2 Å². The van der Waals surface area contributed by atoms with E-state index in [-0.39, 0.29) is 24.2 Å². The lowest BCUT2D eigenvalue weighted by Gasteiger charge is -2.25. The van der Waals surface area contributed by atoms with Crippen LogP contribution >= 0.6 is 0 Å². The molecule has 1 aliphatic rings. The molecule has 0 radical (unpaired) electrons. The van der Waals surface area contributed by atoms with Crippen LogP contribution < -0.4 is 0 Å². The highest BCUT2D eigenvalue weighted by atomic mass is 16.3. The summed E-state index contributed by atoms with van der Waals surface area (Å²) in [5, 5.41) is 0. The second kappa shape index (κ2) is 9.44. The minimum Gasteiger partial charge on any atom is -0.467 e. The highest BCUT2D eigenvalue weighted by molar-refractivity contribution is 5.89. The molecule has 3 aromatic rings. The summed E-state index contributed by atoms with van der Waals surface area (Å²) >= 11 is 0. The molecule has 5 heteroatoms. The fraction of sp³-hybridized carbons (Fsp3) is 0.280. The van der Waals surface area contributed by atoms with Crippen molar-refractivity contribution in [2.75, 3.05) is 13.1 Å². The van der Waals surface area contributed by atoms with Gasteiger partial charge in [-0.15, -0.1) is 0 Å². The topological polar surface area (TPSA) is 53.8 Å². The van der Waals surface area contributed by atoms with Crippen LogP contribution in [0.5, 0.6) is 0 Å². The lowest BCUT2D eigenvalue weighted by atomic mass is 10.1. The Morgan fingerprint density at radius 2 is 1.63 bits per heavy atom. The first-order chi connectivity index (χ1) is 14.7. The summed E-state index contributed by atoms with van der Waals surface area (Å²) < 4.78 is 5.47. The molecule has 5 nitrogen and oxygen atoms in total. The first kappa shape index (κ1) is 20.0. The minimum absolute atomic E-state index is 0.00538. The summed E-state index contributed by atoms with van der Waals surface area (Å²) in [6.07, 6.45) is 2.69. The minimum atomic E-state index is -0.313. The van der Waals surface area contributed by atoms with Crippen molar-refractivity contribution in [2.45, 2.75) is 25.9 Å². The van der Waals surface area contributed by atoms with Crippen molar-refractivity contribution in [2.24, 2.45) is 5.92 Å². The SMILES string of the molecule is O=C1CC(C(=O)N(Cc2ccccc2)Cc2ccco2)CN1CCc1ccccc1. The number of hydrogen-bond acceptors (Lipinski definition) is 3. The fourth-order valence-electron chi connectivity index (χ4n) is 3.93. The average molecular weight is 402 g/mol. The van der Waals surface area contributed by atoms with Gasteiger partial charge >= 0.3 is 0 Å². The molecule has 0 spiro atoms. The number of nitrogens with zero attached hydrogens (tertiary/aromatic N) is 2. The molecular formula is C25H26N2O3. The molecule has 0 N–H and O–H groups in total. The maximum atomic E-state index is 13.3. The van der Waals surface area contributed by atoms with Crippen molar-refractivity contribution in [1.29, 1.82) is 0 Å². The standard InChI is InChI=1S/C25H26N2O3/c28-24-16-22(18-26(24)14-13-20-8-3-1-4-9-20)25(29)27(19-23-12-7-15-30-23)17-21-10-5-2-6-11-21/h1-12,15,22H,13-14,16-19H2. The Hall–Kier alpha value is -3.34. The lowest BCUT2D eigenvalue weighted by Crippen LogP contribution is -2.37. The van der Waals surface area contributed by atoms with Gasteiger partial charge in [-0.3, -0.25) is 9.59 Å². The van der Waals surface area contributed by atoms with Gasteiger partial charge in [-0.1, -0.05) is 60.7 Å². The van der Waals surface area contributed by atoms with Crippen LogP contribution in [0.25, 0.3) is 0 Å². The molecule has 1 unspecified atom stereocenters. The summed E-state index contributed by atoms with van der Waals surface area (Å²) in [7, 11) is 0. The Bertz CT molecular complexity index is 955. The Kier molecular flexibility index (Phi) is 6.28. The summed E-state index contributed by atoms with van der Waals surface area (Å²) in [4.78, 5) is 29.5. The molecule has 2 aromatic carbocycles. The third-order valence-electron chi connectivity index (χ3n) is 5.53. The largest absolute Gasteiger partial charge is 0.467 e. The van der Waals surface area contributed by atoms with Crippen LogP contribution in [-0.4, -0.2) is 34.7 Å². The predicted octanol–water partition coefficient (Wildman–Crippen LogP) is 3.90. The lowest BCUT2D eigenvalue weighted by molar-refractivity contribution is -0.137. The Morgan fingerprint density at radius 1 is 0.933 bits per heavy atom. The normalized spacial score (nSPS) is 16.1. The fourth-order valence-corrected chi connectivity index (χ4v) is 3.93. The number of carbonyl (C=O) groups is 2. The van der Waals surface area contributed by atoms with Gasteiger partial charge in [0, 0.05) is 26.1 Å². The smallest absolute Gasteiger partial charge is 0.228 e. The van der Waals surface area contributed by atoms with Crippen molar-refractivity contribution < 1.29 is 14.0 Å². The van der Waals surface area contributed by atoms with E-state index in [1.807, 2.05) is 65.6 Å². The van der Waals surface area contributed by atoms with Gasteiger partial charge in [0.2, 0.25) is 11.8 Å². The van der Waals surface area contributed by atoms with E-state index in [1.165, 1.54) is 5.56 Å². The molecule has 1 atom stereocenters. The molecule has 1 saturated heterocycles. The first-order valence-electron chi connectivity index (χ1n) is 10.4. The molecule has 0 bridgehead atoms. The predicted molar refractivity (Wildman–Crippen MR) is 114 cm³/mol. The van der Waals surface area contributed by atoms with E-state index in [0.717, 1.165) is 17.7 Å². The highest BCUT2D eigenvalue weighted by Crippen LogP contribution is 2.23. The van der Waals surface area contributed by atoms with E-state index < -0.39 is 0 Å². The number of amides is 2. The van der Waals surface area contributed by atoms with Gasteiger partial charge in [-0.2, -0.15) is 0 Å². The van der Waals surface area contributed by atoms with E-state index in [4.69, 9.17) is 4.42 Å². The zero-order chi connectivity index (χ0) is 20.8. The van der Waals surface area contributed by atoms with Crippen LogP contribution in [0, 0.1) is 5.92 Å². The van der Waals surface area contributed by atoms with E-state index in [9.17, 15) is 9.59 Å². The van der Waals surface area contributed by atoms with Crippen LogP contribution in [0.2, 0.25) is 0 Å². The number of carbonyl (C=O) groups excluding carboxylic acids is 2. The Balaban J connectivity index is 1.42. The molecule has 2 amide bonds. The molecular weight excluding hydrogens is 376 g/mol. The number of hydrogen-bond donors (Lipinski definition) is 0. The van der Waals surface area contributed by atoms with E-state index in [1.54, 1.807) is 11.2 Å². The number of rotatable bonds is 8. The molecule has 4 rings (SSSR count). The number of likely N-dealkylation sites (tertiary alicyclic amines) is 1. The van der Waals surface area contributed by atoms with Gasteiger partial charge in [0.1, 0.15) is 5.76 Å². The molecule has 0 saturated carbocycles. The van der Waals surface area contributed by atoms with Gasteiger partial charge in [0.25, 0.3) is 0 Å². The van der Waals surface area contributed by atoms with E-state index in [2.05, 4.69) is 12.1 Å². The second-order valence-corrected chi connectivity index (χ2v) is 7.74. The van der Waals surface area contributed by atoms with Gasteiger partial charge in [0.05, 0.1) is 18.7 Å². The van der Waals surface area contributed by atoms with E-state index >= 15 is 0 Å². The number of furan rings is 1. The van der Waals surface area contributed by atoms with Crippen molar-refractivity contribution in [1.82, 2.24) is 9.80 Å². The van der Waals surface area contributed by atoms with E-state index in [0.29, 0.717) is 26.2 Å². The maximum absolute atomic E-state index is 13.3. The molecule has 1 fully saturated rings. The van der Waals surface area contributed by atoms with Crippen molar-refractivity contribution in [3.63, 3.8) is 0 Å². The quantitative estimate of drug-likeness (QED) is 0.574. The molecule has 1 aromatic heterocycles. The van der Waals surface area contributed by atoms with Crippen LogP contribution in [0.15, 0.2) is 83.5 Å². The second-order valence-electron chi connectivity index (χ2n) is 7.74. The van der Waals surface area contributed by atoms with Crippen LogP contribution in [-0.2, 0) is 29.1 Å². The maximum Gasteiger partial charge on any atom is 0.228 e.